The Morgan fingerprint density at radius 1 is 0.905 bits per heavy atom. The molecule has 0 saturated carbocycles. The van der Waals surface area contributed by atoms with Crippen LogP contribution in [0.15, 0.2) is 0 Å². The van der Waals surface area contributed by atoms with Crippen molar-refractivity contribution in [3.8, 4) is 0 Å². The Labute approximate surface area is 131 Å². The standard InChI is InChI=1S/C17H36N2O2/c1-3-4-5-6-7-8-9-10-11-14-17(20)19(2,21)16-13-12-15-18/h3-16,18H2,1-2H3. The second-order valence-corrected chi connectivity index (χ2v) is 6.29. The molecule has 0 aliphatic carbocycles. The molecule has 0 aliphatic heterocycles. The van der Waals surface area contributed by atoms with E-state index in [2.05, 4.69) is 6.92 Å². The lowest BCUT2D eigenvalue weighted by Gasteiger charge is -2.35. The summed E-state index contributed by atoms with van der Waals surface area (Å²) in [7, 11) is 1.48. The molecular formula is C17H36N2O2. The summed E-state index contributed by atoms with van der Waals surface area (Å²) in [6.45, 7) is 3.19. The van der Waals surface area contributed by atoms with Crippen LogP contribution in [0.3, 0.4) is 0 Å². The average Bonchev–Trinajstić information content (AvgIpc) is 2.45. The third kappa shape index (κ3) is 11.8. The lowest BCUT2D eigenvalue weighted by molar-refractivity contribution is -0.783. The number of carbonyl (C=O) groups excluding carboxylic acids is 1. The SMILES string of the molecule is CCCCCCCCCCCC(=O)[N+](C)([O-])CCCCN. The Hall–Kier alpha value is -0.450. The first-order valence-electron chi connectivity index (χ1n) is 8.84. The zero-order chi connectivity index (χ0) is 16.0. The molecule has 0 saturated heterocycles. The molecule has 0 spiro atoms. The van der Waals surface area contributed by atoms with Gasteiger partial charge in [0.05, 0.1) is 20.0 Å². The molecule has 1 amide bonds. The third-order valence-corrected chi connectivity index (χ3v) is 4.06. The molecule has 1 unspecified atom stereocenters. The van der Waals surface area contributed by atoms with Crippen LogP contribution in [0.4, 0.5) is 0 Å². The fourth-order valence-electron chi connectivity index (χ4n) is 2.51. The highest BCUT2D eigenvalue weighted by atomic mass is 16.6. The normalized spacial score (nSPS) is 14.1. The number of unbranched alkanes of at least 4 members (excludes halogenated alkanes) is 9. The molecule has 0 aliphatic rings. The van der Waals surface area contributed by atoms with Crippen molar-refractivity contribution in [3.63, 3.8) is 0 Å². The zero-order valence-electron chi connectivity index (χ0n) is 14.2. The molecule has 1 atom stereocenters. The fraction of sp³-hybridized carbons (Fsp3) is 0.941. The quantitative estimate of drug-likeness (QED) is 0.298. The largest absolute Gasteiger partial charge is 0.625 e. The molecule has 0 bridgehead atoms. The monoisotopic (exact) mass is 300 g/mol. The summed E-state index contributed by atoms with van der Waals surface area (Å²) in [5.74, 6) is -0.171. The Balaban J connectivity index is 3.51. The molecule has 0 radical (unpaired) electrons. The van der Waals surface area contributed by atoms with Crippen LogP contribution < -0.4 is 5.73 Å². The smallest absolute Gasteiger partial charge is 0.313 e. The van der Waals surface area contributed by atoms with Crippen molar-refractivity contribution in [2.24, 2.45) is 5.73 Å². The Morgan fingerprint density at radius 2 is 1.43 bits per heavy atom. The van der Waals surface area contributed by atoms with Crippen LogP contribution in [0.2, 0.25) is 0 Å². The van der Waals surface area contributed by atoms with Crippen LogP contribution in [-0.2, 0) is 4.79 Å². The number of hydroxylamine groups is 3. The molecule has 0 aromatic heterocycles. The van der Waals surface area contributed by atoms with Gasteiger partial charge >= 0.3 is 5.91 Å². The predicted molar refractivity (Wildman–Crippen MR) is 89.6 cm³/mol. The van der Waals surface area contributed by atoms with Crippen LogP contribution in [0.25, 0.3) is 0 Å². The maximum atomic E-state index is 12.1. The Bertz CT molecular complexity index is 255. The lowest BCUT2D eigenvalue weighted by atomic mass is 10.1. The van der Waals surface area contributed by atoms with E-state index in [1.807, 2.05) is 0 Å². The van der Waals surface area contributed by atoms with E-state index in [0.29, 0.717) is 19.5 Å². The van der Waals surface area contributed by atoms with Crippen LogP contribution in [0.1, 0.15) is 84.0 Å². The number of rotatable bonds is 14. The maximum Gasteiger partial charge on any atom is 0.313 e. The van der Waals surface area contributed by atoms with Crippen molar-refractivity contribution in [2.45, 2.75) is 84.0 Å². The Morgan fingerprint density at radius 3 is 1.95 bits per heavy atom. The van der Waals surface area contributed by atoms with Gasteiger partial charge in [-0.05, 0) is 25.8 Å². The van der Waals surface area contributed by atoms with E-state index in [1.54, 1.807) is 0 Å². The predicted octanol–water partition coefficient (Wildman–Crippen LogP) is 4.12. The van der Waals surface area contributed by atoms with Crippen LogP contribution in [-0.4, -0.2) is 30.7 Å². The number of amides is 1. The first-order chi connectivity index (χ1) is 10.0. The van der Waals surface area contributed by atoms with Gasteiger partial charge in [0.2, 0.25) is 0 Å². The van der Waals surface area contributed by atoms with Gasteiger partial charge in [-0.2, -0.15) is 0 Å². The van der Waals surface area contributed by atoms with Gasteiger partial charge in [-0.1, -0.05) is 58.3 Å². The van der Waals surface area contributed by atoms with Crippen molar-refractivity contribution in [1.29, 1.82) is 0 Å². The molecule has 21 heavy (non-hydrogen) atoms. The minimum Gasteiger partial charge on any atom is -0.625 e. The van der Waals surface area contributed by atoms with Crippen LogP contribution >= 0.6 is 0 Å². The average molecular weight is 300 g/mol. The van der Waals surface area contributed by atoms with E-state index in [4.69, 9.17) is 5.73 Å². The number of nitrogens with two attached hydrogens (primary N) is 1. The highest BCUT2D eigenvalue weighted by molar-refractivity contribution is 5.69. The number of nitrogens with zero attached hydrogens (tertiary/aromatic N) is 1. The summed E-state index contributed by atoms with van der Waals surface area (Å²) in [5.41, 5.74) is 5.41. The van der Waals surface area contributed by atoms with E-state index in [-0.39, 0.29) is 5.91 Å². The molecule has 0 fully saturated rings. The number of hydrogen-bond acceptors (Lipinski definition) is 3. The summed E-state index contributed by atoms with van der Waals surface area (Å²) in [6, 6.07) is 0. The number of quaternary nitrogens is 1. The molecule has 126 valence electrons. The van der Waals surface area contributed by atoms with E-state index in [0.717, 1.165) is 25.7 Å². The van der Waals surface area contributed by atoms with Crippen LogP contribution in [0.5, 0.6) is 0 Å². The van der Waals surface area contributed by atoms with Crippen molar-refractivity contribution in [1.82, 2.24) is 0 Å². The second-order valence-electron chi connectivity index (χ2n) is 6.29. The van der Waals surface area contributed by atoms with Gasteiger partial charge in [0.1, 0.15) is 0 Å². The lowest BCUT2D eigenvalue weighted by Crippen LogP contribution is -2.44. The summed E-state index contributed by atoms with van der Waals surface area (Å²) in [5, 5.41) is 12.1. The number of carbonyl (C=O) groups is 1. The van der Waals surface area contributed by atoms with Gasteiger partial charge in [0, 0.05) is 0 Å². The third-order valence-electron chi connectivity index (χ3n) is 4.06. The summed E-state index contributed by atoms with van der Waals surface area (Å²) < 4.78 is -0.725. The van der Waals surface area contributed by atoms with Gasteiger partial charge in [-0.15, -0.1) is 0 Å². The maximum absolute atomic E-state index is 12.1. The molecule has 4 nitrogen and oxygen atoms in total. The molecule has 0 aromatic carbocycles. The van der Waals surface area contributed by atoms with Gasteiger partial charge < -0.3 is 15.6 Å². The summed E-state index contributed by atoms with van der Waals surface area (Å²) in [4.78, 5) is 11.9. The van der Waals surface area contributed by atoms with Gasteiger partial charge in [0.25, 0.3) is 0 Å². The molecule has 0 aromatic rings. The van der Waals surface area contributed by atoms with E-state index >= 15 is 0 Å². The molecular weight excluding hydrogens is 264 g/mol. The van der Waals surface area contributed by atoms with E-state index in [1.165, 1.54) is 52.0 Å². The minimum atomic E-state index is -0.725. The highest BCUT2D eigenvalue weighted by Gasteiger charge is 2.20. The van der Waals surface area contributed by atoms with Crippen LogP contribution in [0, 0.1) is 5.21 Å². The molecule has 2 N–H and O–H groups in total. The van der Waals surface area contributed by atoms with Crippen molar-refractivity contribution < 1.29 is 9.44 Å². The van der Waals surface area contributed by atoms with Crippen molar-refractivity contribution in [3.05, 3.63) is 5.21 Å². The van der Waals surface area contributed by atoms with E-state index in [9.17, 15) is 10.0 Å². The van der Waals surface area contributed by atoms with Gasteiger partial charge in [0.15, 0.2) is 0 Å². The fourth-order valence-corrected chi connectivity index (χ4v) is 2.51. The summed E-state index contributed by atoms with van der Waals surface area (Å²) in [6.07, 6.45) is 13.0. The minimum absolute atomic E-state index is 0.171. The molecule has 4 heteroatoms. The van der Waals surface area contributed by atoms with Gasteiger partial charge in [-0.25, -0.2) is 4.79 Å². The van der Waals surface area contributed by atoms with Crippen molar-refractivity contribution in [2.75, 3.05) is 20.1 Å². The number of hydrogen-bond donors (Lipinski definition) is 1. The summed E-state index contributed by atoms with van der Waals surface area (Å²) >= 11 is 0. The first kappa shape index (κ1) is 20.6. The first-order valence-corrected chi connectivity index (χ1v) is 8.84. The zero-order valence-corrected chi connectivity index (χ0v) is 14.2. The van der Waals surface area contributed by atoms with Crippen molar-refractivity contribution >= 4 is 5.91 Å². The molecule has 0 heterocycles. The van der Waals surface area contributed by atoms with Gasteiger partial charge in [-0.3, -0.25) is 0 Å². The molecule has 0 rings (SSSR count). The highest BCUT2D eigenvalue weighted by Crippen LogP contribution is 2.13. The van der Waals surface area contributed by atoms with E-state index < -0.39 is 4.65 Å². The second kappa shape index (κ2) is 13.2. The Kier molecular flexibility index (Phi) is 12.9. The topological polar surface area (TPSA) is 66.1 Å².